The molecule has 0 aliphatic rings. The predicted octanol–water partition coefficient (Wildman–Crippen LogP) is 3.53. The van der Waals surface area contributed by atoms with Crippen molar-refractivity contribution in [2.24, 2.45) is 0 Å². The van der Waals surface area contributed by atoms with E-state index in [4.69, 9.17) is 5.26 Å². The zero-order chi connectivity index (χ0) is 10.7. The maximum Gasteiger partial charge on any atom is 0.0991 e. The van der Waals surface area contributed by atoms with Crippen LogP contribution < -0.4 is 0 Å². The highest BCUT2D eigenvalue weighted by atomic mass is 14.2. The van der Waals surface area contributed by atoms with Crippen molar-refractivity contribution < 1.29 is 0 Å². The smallest absolute Gasteiger partial charge is 0.0991 e. The second-order valence-corrected chi connectivity index (χ2v) is 3.57. The molecule has 0 saturated heterocycles. The summed E-state index contributed by atoms with van der Waals surface area (Å²) < 4.78 is 0. The van der Waals surface area contributed by atoms with Gasteiger partial charge in [-0.1, -0.05) is 36.4 Å². The Balaban J connectivity index is 2.55. The minimum absolute atomic E-state index is 0.717. The van der Waals surface area contributed by atoms with Gasteiger partial charge in [-0.15, -0.1) is 0 Å². The van der Waals surface area contributed by atoms with Crippen LogP contribution in [0.3, 0.4) is 0 Å². The number of hydrogen-bond acceptors (Lipinski definition) is 1. The number of nitrogens with zero attached hydrogens (tertiary/aromatic N) is 1. The van der Waals surface area contributed by atoms with Gasteiger partial charge in [0.25, 0.3) is 0 Å². The van der Waals surface area contributed by atoms with E-state index in [-0.39, 0.29) is 0 Å². The molecule has 0 aromatic heterocycles. The van der Waals surface area contributed by atoms with Crippen molar-refractivity contribution in [1.82, 2.24) is 0 Å². The zero-order valence-corrected chi connectivity index (χ0v) is 8.57. The van der Waals surface area contributed by atoms with Gasteiger partial charge in [-0.05, 0) is 35.7 Å². The highest BCUT2D eigenvalue weighted by molar-refractivity contribution is 5.66. The van der Waals surface area contributed by atoms with Crippen molar-refractivity contribution in [3.63, 3.8) is 0 Å². The van der Waals surface area contributed by atoms with Gasteiger partial charge in [0, 0.05) is 0 Å². The van der Waals surface area contributed by atoms with Crippen LogP contribution in [0.2, 0.25) is 0 Å². The summed E-state index contributed by atoms with van der Waals surface area (Å²) in [5.74, 6) is 0. The third-order valence-electron chi connectivity index (χ3n) is 2.31. The van der Waals surface area contributed by atoms with E-state index >= 15 is 0 Å². The Bertz CT molecular complexity index is 507. The average molecular weight is 193 g/mol. The van der Waals surface area contributed by atoms with Crippen LogP contribution in [0.1, 0.15) is 11.1 Å². The lowest BCUT2D eigenvalue weighted by Crippen LogP contribution is -1.82. The fourth-order valence-electron chi connectivity index (χ4n) is 1.64. The first-order valence-corrected chi connectivity index (χ1v) is 4.87. The summed E-state index contributed by atoms with van der Waals surface area (Å²) in [4.78, 5) is 0. The molecule has 1 nitrogen and oxygen atoms in total. The van der Waals surface area contributed by atoms with Gasteiger partial charge in [0.05, 0.1) is 11.6 Å². The Hall–Kier alpha value is -2.07. The van der Waals surface area contributed by atoms with Crippen LogP contribution in [0.5, 0.6) is 0 Å². The van der Waals surface area contributed by atoms with Gasteiger partial charge in [-0.3, -0.25) is 0 Å². The van der Waals surface area contributed by atoms with Gasteiger partial charge in [-0.25, -0.2) is 0 Å². The Morgan fingerprint density at radius 1 is 0.933 bits per heavy atom. The van der Waals surface area contributed by atoms with Crippen molar-refractivity contribution in [2.45, 2.75) is 6.92 Å². The molecule has 0 radical (unpaired) electrons. The van der Waals surface area contributed by atoms with E-state index in [1.54, 1.807) is 0 Å². The quantitative estimate of drug-likeness (QED) is 0.679. The van der Waals surface area contributed by atoms with Crippen LogP contribution in [-0.4, -0.2) is 0 Å². The molecule has 2 rings (SSSR count). The van der Waals surface area contributed by atoms with E-state index in [0.29, 0.717) is 5.56 Å². The maximum atomic E-state index is 8.88. The third-order valence-corrected chi connectivity index (χ3v) is 2.31. The molecule has 1 heteroatoms. The largest absolute Gasteiger partial charge is 0.192 e. The number of hydrogen-bond donors (Lipinski definition) is 0. The predicted molar refractivity (Wildman–Crippen MR) is 61.3 cm³/mol. The highest BCUT2D eigenvalue weighted by Crippen LogP contribution is 2.21. The zero-order valence-electron chi connectivity index (χ0n) is 8.57. The average Bonchev–Trinajstić information content (AvgIpc) is 2.29. The van der Waals surface area contributed by atoms with E-state index in [0.717, 1.165) is 16.7 Å². The van der Waals surface area contributed by atoms with Gasteiger partial charge in [0.1, 0.15) is 0 Å². The van der Waals surface area contributed by atoms with Crippen LogP contribution in [0.15, 0.2) is 48.5 Å². The van der Waals surface area contributed by atoms with Crippen LogP contribution in [0.4, 0.5) is 0 Å². The molecule has 0 amide bonds. The first-order valence-electron chi connectivity index (χ1n) is 4.87. The molecule has 0 heterocycles. The summed E-state index contributed by atoms with van der Waals surface area (Å²) in [6.07, 6.45) is 0. The molecular weight excluding hydrogens is 182 g/mol. The lowest BCUT2D eigenvalue weighted by Gasteiger charge is -2.03. The summed E-state index contributed by atoms with van der Waals surface area (Å²) in [6, 6.07) is 18.2. The van der Waals surface area contributed by atoms with Gasteiger partial charge >= 0.3 is 0 Å². The summed E-state index contributed by atoms with van der Waals surface area (Å²) in [5.41, 5.74) is 4.09. The molecule has 0 atom stereocenters. The Kier molecular flexibility index (Phi) is 2.51. The standard InChI is InChI=1S/C14H11N/c1-11-7-12(10-15)9-14(8-11)13-5-3-2-4-6-13/h2-9H,1H3. The first kappa shape index (κ1) is 9.48. The molecule has 0 bridgehead atoms. The van der Waals surface area contributed by atoms with Crippen molar-refractivity contribution >= 4 is 0 Å². The molecule has 2 aromatic carbocycles. The lowest BCUT2D eigenvalue weighted by atomic mass is 10.0. The monoisotopic (exact) mass is 193 g/mol. The maximum absolute atomic E-state index is 8.88. The fourth-order valence-corrected chi connectivity index (χ4v) is 1.64. The van der Waals surface area contributed by atoms with Crippen molar-refractivity contribution in [3.8, 4) is 17.2 Å². The highest BCUT2D eigenvalue weighted by Gasteiger charge is 1.99. The topological polar surface area (TPSA) is 23.8 Å². The van der Waals surface area contributed by atoms with E-state index in [1.807, 2.05) is 37.3 Å². The van der Waals surface area contributed by atoms with Gasteiger partial charge in [-0.2, -0.15) is 5.26 Å². The summed E-state index contributed by atoms with van der Waals surface area (Å²) in [6.45, 7) is 2.01. The summed E-state index contributed by atoms with van der Waals surface area (Å²) in [7, 11) is 0. The molecule has 2 aromatic rings. The number of aryl methyl sites for hydroxylation is 1. The van der Waals surface area contributed by atoms with Crippen molar-refractivity contribution in [1.29, 1.82) is 5.26 Å². The molecule has 0 spiro atoms. The number of rotatable bonds is 1. The molecule has 0 N–H and O–H groups in total. The summed E-state index contributed by atoms with van der Waals surface area (Å²) in [5, 5.41) is 8.88. The van der Waals surface area contributed by atoms with Crippen molar-refractivity contribution in [2.75, 3.05) is 0 Å². The normalized spacial score (nSPS) is 9.60. The molecule has 15 heavy (non-hydrogen) atoms. The van der Waals surface area contributed by atoms with Crippen LogP contribution in [0.25, 0.3) is 11.1 Å². The fraction of sp³-hybridized carbons (Fsp3) is 0.0714. The summed E-state index contributed by atoms with van der Waals surface area (Å²) >= 11 is 0. The molecular formula is C14H11N. The Labute approximate surface area is 89.6 Å². The van der Waals surface area contributed by atoms with E-state index in [1.165, 1.54) is 0 Å². The van der Waals surface area contributed by atoms with Crippen molar-refractivity contribution in [3.05, 3.63) is 59.7 Å². The number of nitriles is 1. The third kappa shape index (κ3) is 2.05. The molecule has 72 valence electrons. The minimum Gasteiger partial charge on any atom is -0.192 e. The number of benzene rings is 2. The lowest BCUT2D eigenvalue weighted by molar-refractivity contribution is 1.42. The molecule has 0 unspecified atom stereocenters. The SMILES string of the molecule is Cc1cc(C#N)cc(-c2ccccc2)c1. The first-order chi connectivity index (χ1) is 7.29. The van der Waals surface area contributed by atoms with Crippen LogP contribution >= 0.6 is 0 Å². The van der Waals surface area contributed by atoms with Gasteiger partial charge < -0.3 is 0 Å². The second-order valence-electron chi connectivity index (χ2n) is 3.57. The van der Waals surface area contributed by atoms with Gasteiger partial charge in [0.15, 0.2) is 0 Å². The van der Waals surface area contributed by atoms with E-state index in [2.05, 4.69) is 24.3 Å². The minimum atomic E-state index is 0.717. The van der Waals surface area contributed by atoms with Crippen LogP contribution in [-0.2, 0) is 0 Å². The van der Waals surface area contributed by atoms with Gasteiger partial charge in [0.2, 0.25) is 0 Å². The van der Waals surface area contributed by atoms with Crippen LogP contribution in [0, 0.1) is 18.3 Å². The molecule has 0 aliphatic heterocycles. The molecule has 0 aliphatic carbocycles. The molecule has 0 fully saturated rings. The van der Waals surface area contributed by atoms with E-state index in [9.17, 15) is 0 Å². The van der Waals surface area contributed by atoms with E-state index < -0.39 is 0 Å². The second kappa shape index (κ2) is 3.98. The Morgan fingerprint density at radius 3 is 2.33 bits per heavy atom. The Morgan fingerprint density at radius 2 is 1.67 bits per heavy atom. The molecule has 0 saturated carbocycles.